The van der Waals surface area contributed by atoms with Gasteiger partial charge in [-0.05, 0) is 30.1 Å². The van der Waals surface area contributed by atoms with Crippen LogP contribution in [0.3, 0.4) is 0 Å². The Hall–Kier alpha value is -0.700. The highest BCUT2D eigenvalue weighted by molar-refractivity contribution is 7.91. The lowest BCUT2D eigenvalue weighted by molar-refractivity contribution is 0.264. The lowest BCUT2D eigenvalue weighted by atomic mass is 10.4. The molecule has 2 rings (SSSR count). The van der Waals surface area contributed by atoms with E-state index in [1.54, 1.807) is 17.5 Å². The lowest BCUT2D eigenvalue weighted by Crippen LogP contribution is -2.52. The van der Waals surface area contributed by atoms with Crippen molar-refractivity contribution in [3.05, 3.63) is 17.5 Å². The highest BCUT2D eigenvalue weighted by Gasteiger charge is 2.29. The van der Waals surface area contributed by atoms with Crippen LogP contribution in [0.2, 0.25) is 0 Å². The summed E-state index contributed by atoms with van der Waals surface area (Å²) in [7, 11) is -3.32. The smallest absolute Gasteiger partial charge is 0.252 e. The Morgan fingerprint density at radius 3 is 2.65 bits per heavy atom. The summed E-state index contributed by atoms with van der Waals surface area (Å²) in [4.78, 5) is 2.03. The maximum Gasteiger partial charge on any atom is 0.252 e. The van der Waals surface area contributed by atoms with Gasteiger partial charge in [-0.25, -0.2) is 8.42 Å². The number of hydrogen-bond donors (Lipinski definition) is 1. The van der Waals surface area contributed by atoms with Crippen LogP contribution in [0.5, 0.6) is 0 Å². The van der Waals surface area contributed by atoms with Crippen LogP contribution in [0.4, 0.5) is 0 Å². The van der Waals surface area contributed by atoms with Crippen molar-refractivity contribution in [3.63, 3.8) is 0 Å². The van der Waals surface area contributed by atoms with Gasteiger partial charge in [0.05, 0.1) is 0 Å². The average molecular weight is 334 g/mol. The molecule has 0 aliphatic carbocycles. The van der Waals surface area contributed by atoms with Crippen LogP contribution >= 0.6 is 23.6 Å². The zero-order valence-electron chi connectivity index (χ0n) is 11.4. The summed E-state index contributed by atoms with van der Waals surface area (Å²) in [5, 5.41) is 5.68. The maximum absolute atomic E-state index is 12.4. The molecule has 0 saturated carbocycles. The van der Waals surface area contributed by atoms with Gasteiger partial charge in [0.15, 0.2) is 5.11 Å². The van der Waals surface area contributed by atoms with Crippen LogP contribution < -0.4 is 5.32 Å². The standard InChI is InChI=1S/C12H19N3O2S3/c1-2-5-13-12(18)14-6-8-15(9-7-14)20(16,17)11-4-3-10-19-11/h3-4,10H,2,5-9H2,1H3,(H,13,18). The molecule has 1 aromatic heterocycles. The van der Waals surface area contributed by atoms with Crippen LogP contribution in [-0.2, 0) is 10.0 Å². The SMILES string of the molecule is CCCNC(=S)N1CCN(S(=O)(=O)c2cccs2)CC1. The Morgan fingerprint density at radius 1 is 1.40 bits per heavy atom. The zero-order chi connectivity index (χ0) is 14.6. The highest BCUT2D eigenvalue weighted by atomic mass is 32.2. The monoisotopic (exact) mass is 333 g/mol. The van der Waals surface area contributed by atoms with Crippen molar-refractivity contribution in [2.45, 2.75) is 17.6 Å². The zero-order valence-corrected chi connectivity index (χ0v) is 13.9. The first-order valence-corrected chi connectivity index (χ1v) is 9.35. The molecule has 0 bridgehead atoms. The van der Waals surface area contributed by atoms with Crippen LogP contribution in [-0.4, -0.2) is 55.5 Å². The Bertz CT molecular complexity index is 534. The van der Waals surface area contributed by atoms with E-state index in [2.05, 4.69) is 12.2 Å². The quantitative estimate of drug-likeness (QED) is 0.843. The van der Waals surface area contributed by atoms with E-state index in [1.165, 1.54) is 15.6 Å². The van der Waals surface area contributed by atoms with Crippen LogP contribution in [0.1, 0.15) is 13.3 Å². The van der Waals surface area contributed by atoms with Crippen LogP contribution in [0.15, 0.2) is 21.7 Å². The van der Waals surface area contributed by atoms with E-state index in [1.807, 2.05) is 4.90 Å². The van der Waals surface area contributed by atoms with Gasteiger partial charge in [0.2, 0.25) is 0 Å². The van der Waals surface area contributed by atoms with Crippen molar-refractivity contribution in [3.8, 4) is 0 Å². The van der Waals surface area contributed by atoms with E-state index in [0.717, 1.165) is 18.1 Å². The summed E-state index contributed by atoms with van der Waals surface area (Å²) in [6, 6.07) is 3.41. The normalized spacial score (nSPS) is 17.1. The van der Waals surface area contributed by atoms with Gasteiger partial charge in [-0.1, -0.05) is 13.0 Å². The predicted molar refractivity (Wildman–Crippen MR) is 85.5 cm³/mol. The molecule has 1 aliphatic rings. The number of nitrogens with one attached hydrogen (secondary N) is 1. The predicted octanol–water partition coefficient (Wildman–Crippen LogP) is 1.34. The second-order valence-corrected chi connectivity index (χ2v) is 8.05. The third-order valence-corrected chi connectivity index (χ3v) is 6.82. The first-order chi connectivity index (χ1) is 9.55. The Kier molecular flexibility index (Phi) is 5.36. The van der Waals surface area contributed by atoms with Gasteiger partial charge in [-0.15, -0.1) is 11.3 Å². The molecule has 8 heteroatoms. The minimum atomic E-state index is -3.32. The Morgan fingerprint density at radius 2 is 2.10 bits per heavy atom. The van der Waals surface area contributed by atoms with Crippen molar-refractivity contribution >= 4 is 38.7 Å². The summed E-state index contributed by atoms with van der Waals surface area (Å²) in [6.07, 6.45) is 1.02. The molecule has 0 amide bonds. The van der Waals surface area contributed by atoms with Crippen LogP contribution in [0.25, 0.3) is 0 Å². The minimum Gasteiger partial charge on any atom is -0.363 e. The molecule has 1 N–H and O–H groups in total. The molecule has 0 aromatic carbocycles. The summed E-state index contributed by atoms with van der Waals surface area (Å²) >= 11 is 6.56. The number of hydrogen-bond acceptors (Lipinski definition) is 4. The molecule has 1 aliphatic heterocycles. The number of thiocarbonyl (C=S) groups is 1. The fourth-order valence-corrected chi connectivity index (χ4v) is 4.86. The Balaban J connectivity index is 1.93. The van der Waals surface area contributed by atoms with Gasteiger partial charge >= 0.3 is 0 Å². The number of rotatable bonds is 4. The first kappa shape index (κ1) is 15.7. The molecule has 1 fully saturated rings. The van der Waals surface area contributed by atoms with Crippen molar-refractivity contribution in [2.75, 3.05) is 32.7 Å². The summed E-state index contributed by atoms with van der Waals surface area (Å²) in [5.74, 6) is 0. The summed E-state index contributed by atoms with van der Waals surface area (Å²) in [6.45, 7) is 5.18. The van der Waals surface area contributed by atoms with Gasteiger partial charge in [-0.3, -0.25) is 0 Å². The molecular formula is C12H19N3O2S3. The van der Waals surface area contributed by atoms with Crippen molar-refractivity contribution in [1.29, 1.82) is 0 Å². The molecule has 0 radical (unpaired) electrons. The summed E-state index contributed by atoms with van der Waals surface area (Å²) < 4.78 is 26.7. The van der Waals surface area contributed by atoms with Gasteiger partial charge < -0.3 is 10.2 Å². The number of sulfonamides is 1. The van der Waals surface area contributed by atoms with E-state index in [0.29, 0.717) is 30.4 Å². The first-order valence-electron chi connectivity index (χ1n) is 6.62. The molecule has 1 saturated heterocycles. The van der Waals surface area contributed by atoms with E-state index in [9.17, 15) is 8.42 Å². The van der Waals surface area contributed by atoms with Gasteiger partial charge in [0, 0.05) is 32.7 Å². The second kappa shape index (κ2) is 6.84. The fourth-order valence-electron chi connectivity index (χ4n) is 2.01. The largest absolute Gasteiger partial charge is 0.363 e. The van der Waals surface area contributed by atoms with E-state index in [4.69, 9.17) is 12.2 Å². The summed E-state index contributed by atoms with van der Waals surface area (Å²) in [5.41, 5.74) is 0. The molecular weight excluding hydrogens is 314 g/mol. The third kappa shape index (κ3) is 3.49. The third-order valence-electron chi connectivity index (χ3n) is 3.14. The molecule has 0 unspecified atom stereocenters. The molecule has 2 heterocycles. The van der Waals surface area contributed by atoms with Crippen molar-refractivity contribution in [2.24, 2.45) is 0 Å². The molecule has 112 valence electrons. The highest BCUT2D eigenvalue weighted by Crippen LogP contribution is 2.21. The topological polar surface area (TPSA) is 52.6 Å². The van der Waals surface area contributed by atoms with Gasteiger partial charge in [0.1, 0.15) is 4.21 Å². The lowest BCUT2D eigenvalue weighted by Gasteiger charge is -2.35. The number of piperazine rings is 1. The average Bonchev–Trinajstić information content (AvgIpc) is 3.00. The van der Waals surface area contributed by atoms with E-state index < -0.39 is 10.0 Å². The molecule has 5 nitrogen and oxygen atoms in total. The number of nitrogens with zero attached hydrogens (tertiary/aromatic N) is 2. The van der Waals surface area contributed by atoms with E-state index >= 15 is 0 Å². The second-order valence-electron chi connectivity index (χ2n) is 4.56. The van der Waals surface area contributed by atoms with E-state index in [-0.39, 0.29) is 0 Å². The van der Waals surface area contributed by atoms with Crippen molar-refractivity contribution < 1.29 is 8.42 Å². The maximum atomic E-state index is 12.4. The van der Waals surface area contributed by atoms with Crippen molar-refractivity contribution in [1.82, 2.24) is 14.5 Å². The Labute approximate surface area is 129 Å². The molecule has 1 aromatic rings. The van der Waals surface area contributed by atoms with Gasteiger partial charge in [0.25, 0.3) is 10.0 Å². The molecule has 20 heavy (non-hydrogen) atoms. The van der Waals surface area contributed by atoms with Gasteiger partial charge in [-0.2, -0.15) is 4.31 Å². The number of thiophene rings is 1. The molecule has 0 atom stereocenters. The fraction of sp³-hybridized carbons (Fsp3) is 0.583. The minimum absolute atomic E-state index is 0.414. The molecule has 0 spiro atoms. The van der Waals surface area contributed by atoms with Crippen LogP contribution in [0, 0.1) is 0 Å².